The topological polar surface area (TPSA) is 85.8 Å². The first-order chi connectivity index (χ1) is 13.6. The quantitative estimate of drug-likeness (QED) is 0.478. The summed E-state index contributed by atoms with van der Waals surface area (Å²) in [4.78, 5) is 12.4. The van der Waals surface area contributed by atoms with E-state index in [4.69, 9.17) is 5.84 Å². The van der Waals surface area contributed by atoms with Gasteiger partial charge in [0.2, 0.25) is 11.1 Å². The molecule has 1 amide bonds. The Morgan fingerprint density at radius 3 is 2.31 bits per heavy atom. The number of hydrogen-bond acceptors (Lipinski definition) is 5. The van der Waals surface area contributed by atoms with Crippen LogP contribution in [-0.2, 0) is 11.0 Å². The molecule has 3 rings (SSSR count). The number of aryl methyl sites for hydroxylation is 1. The van der Waals surface area contributed by atoms with Crippen molar-refractivity contribution in [2.24, 2.45) is 0 Å². The van der Waals surface area contributed by atoms with E-state index in [1.54, 1.807) is 6.92 Å². The number of aromatic nitrogens is 3. The fourth-order valence-electron chi connectivity index (χ4n) is 2.45. The molecule has 0 bridgehead atoms. The number of nitrogens with two attached hydrogens (primary N) is 1. The first-order valence-electron chi connectivity index (χ1n) is 8.57. The summed E-state index contributed by atoms with van der Waals surface area (Å²) in [7, 11) is 0. The lowest BCUT2D eigenvalue weighted by Crippen LogP contribution is -2.23. The molecule has 152 valence electrons. The van der Waals surface area contributed by atoms with Crippen LogP contribution < -0.4 is 11.2 Å². The monoisotopic (exact) mass is 421 g/mol. The molecule has 0 radical (unpaired) electrons. The summed E-state index contributed by atoms with van der Waals surface area (Å²) in [5.41, 5.74) is 1.38. The second kappa shape index (κ2) is 8.16. The van der Waals surface area contributed by atoms with Crippen LogP contribution >= 0.6 is 11.8 Å². The van der Waals surface area contributed by atoms with Gasteiger partial charge in [0.1, 0.15) is 0 Å². The Bertz CT molecular complexity index is 1000. The zero-order valence-corrected chi connectivity index (χ0v) is 16.4. The molecule has 29 heavy (non-hydrogen) atoms. The van der Waals surface area contributed by atoms with Gasteiger partial charge in [-0.05, 0) is 38.1 Å². The van der Waals surface area contributed by atoms with Crippen molar-refractivity contribution >= 4 is 23.4 Å². The maximum absolute atomic E-state index is 12.6. The average Bonchev–Trinajstić information content (AvgIpc) is 3.02. The van der Waals surface area contributed by atoms with Crippen LogP contribution in [0.1, 0.15) is 18.1 Å². The Hall–Kier alpha value is -3.01. The Balaban J connectivity index is 1.66. The number of thioether (sulfide) groups is 1. The summed E-state index contributed by atoms with van der Waals surface area (Å²) in [6, 6.07) is 11.8. The van der Waals surface area contributed by atoms with E-state index >= 15 is 0 Å². The normalized spacial score (nSPS) is 12.6. The third-order valence-corrected chi connectivity index (χ3v) is 5.16. The van der Waals surface area contributed by atoms with E-state index in [1.807, 2.05) is 31.2 Å². The number of anilines is 1. The predicted molar refractivity (Wildman–Crippen MR) is 106 cm³/mol. The molecule has 0 saturated heterocycles. The standard InChI is InChI=1S/C19H18F3N5OS/c1-11-3-5-13(6-4-11)16-25-26-18(27(16)23)29-12(2)17(28)24-15-9-7-14(8-10-15)19(20,21)22/h3-10,12H,23H2,1-2H3,(H,24,28). The lowest BCUT2D eigenvalue weighted by molar-refractivity contribution is -0.137. The van der Waals surface area contributed by atoms with Crippen LogP contribution in [0.3, 0.4) is 0 Å². The minimum atomic E-state index is -4.42. The van der Waals surface area contributed by atoms with Crippen molar-refractivity contribution in [1.82, 2.24) is 14.9 Å². The van der Waals surface area contributed by atoms with Crippen molar-refractivity contribution < 1.29 is 18.0 Å². The van der Waals surface area contributed by atoms with E-state index in [0.717, 1.165) is 35.0 Å². The summed E-state index contributed by atoms with van der Waals surface area (Å²) in [5.74, 6) is 6.13. The Labute approximate surface area is 169 Å². The highest BCUT2D eigenvalue weighted by Crippen LogP contribution is 2.30. The number of carbonyl (C=O) groups is 1. The zero-order valence-electron chi connectivity index (χ0n) is 15.6. The molecule has 0 aliphatic heterocycles. The minimum absolute atomic E-state index is 0.269. The van der Waals surface area contributed by atoms with Gasteiger partial charge in [0.25, 0.3) is 0 Å². The molecule has 10 heteroatoms. The van der Waals surface area contributed by atoms with Crippen LogP contribution in [0.15, 0.2) is 53.7 Å². The molecular weight excluding hydrogens is 403 g/mol. The van der Waals surface area contributed by atoms with Gasteiger partial charge >= 0.3 is 6.18 Å². The fourth-order valence-corrected chi connectivity index (χ4v) is 3.23. The Morgan fingerprint density at radius 1 is 1.10 bits per heavy atom. The van der Waals surface area contributed by atoms with Gasteiger partial charge in [-0.15, -0.1) is 10.2 Å². The van der Waals surface area contributed by atoms with Crippen molar-refractivity contribution in [1.29, 1.82) is 0 Å². The maximum Gasteiger partial charge on any atom is 0.416 e. The number of alkyl halides is 3. The molecule has 6 nitrogen and oxygen atoms in total. The predicted octanol–water partition coefficient (Wildman–Crippen LogP) is 4.11. The van der Waals surface area contributed by atoms with Gasteiger partial charge in [-0.2, -0.15) is 13.2 Å². The number of nitrogens with one attached hydrogen (secondary N) is 1. The van der Waals surface area contributed by atoms with E-state index in [9.17, 15) is 18.0 Å². The molecule has 0 saturated carbocycles. The molecule has 1 unspecified atom stereocenters. The lowest BCUT2D eigenvalue weighted by Gasteiger charge is -2.12. The zero-order chi connectivity index (χ0) is 21.2. The summed E-state index contributed by atoms with van der Waals surface area (Å²) in [5, 5.41) is 10.4. The highest BCUT2D eigenvalue weighted by atomic mass is 32.2. The molecule has 0 aliphatic rings. The van der Waals surface area contributed by atoms with Gasteiger partial charge in [-0.3, -0.25) is 4.79 Å². The van der Waals surface area contributed by atoms with Crippen molar-refractivity contribution in [3.63, 3.8) is 0 Å². The van der Waals surface area contributed by atoms with Crippen molar-refractivity contribution in [3.05, 3.63) is 59.7 Å². The molecule has 0 spiro atoms. The molecule has 0 fully saturated rings. The van der Waals surface area contributed by atoms with Crippen LogP contribution in [-0.4, -0.2) is 26.0 Å². The van der Waals surface area contributed by atoms with Gasteiger partial charge in [-0.25, -0.2) is 4.68 Å². The largest absolute Gasteiger partial charge is 0.416 e. The van der Waals surface area contributed by atoms with E-state index < -0.39 is 22.9 Å². The van der Waals surface area contributed by atoms with E-state index in [2.05, 4.69) is 15.5 Å². The van der Waals surface area contributed by atoms with E-state index in [0.29, 0.717) is 11.0 Å². The number of nitrogens with zero attached hydrogens (tertiary/aromatic N) is 3. The Kier molecular flexibility index (Phi) is 5.83. The highest BCUT2D eigenvalue weighted by molar-refractivity contribution is 8.00. The number of carbonyl (C=O) groups excluding carboxylic acids is 1. The van der Waals surface area contributed by atoms with Crippen LogP contribution in [0, 0.1) is 6.92 Å². The maximum atomic E-state index is 12.6. The van der Waals surface area contributed by atoms with Gasteiger partial charge in [0.05, 0.1) is 10.8 Å². The molecule has 0 aliphatic carbocycles. The first-order valence-corrected chi connectivity index (χ1v) is 9.45. The molecule has 3 aromatic rings. The smallest absolute Gasteiger partial charge is 0.335 e. The number of rotatable bonds is 5. The molecule has 3 N–H and O–H groups in total. The third-order valence-electron chi connectivity index (χ3n) is 4.11. The molecule has 1 heterocycles. The minimum Gasteiger partial charge on any atom is -0.335 e. The lowest BCUT2D eigenvalue weighted by atomic mass is 10.1. The number of benzene rings is 2. The second-order valence-corrected chi connectivity index (χ2v) is 7.67. The number of nitrogen functional groups attached to an aromatic ring is 1. The van der Waals surface area contributed by atoms with Gasteiger partial charge in [0, 0.05) is 11.3 Å². The van der Waals surface area contributed by atoms with E-state index in [1.165, 1.54) is 16.8 Å². The summed E-state index contributed by atoms with van der Waals surface area (Å²) < 4.78 is 39.2. The van der Waals surface area contributed by atoms with Crippen LogP contribution in [0.2, 0.25) is 0 Å². The summed E-state index contributed by atoms with van der Waals surface area (Å²) >= 11 is 1.10. The number of hydrogen-bond donors (Lipinski definition) is 2. The second-order valence-electron chi connectivity index (χ2n) is 6.37. The van der Waals surface area contributed by atoms with E-state index in [-0.39, 0.29) is 5.69 Å². The first kappa shape index (κ1) is 20.7. The number of halogens is 3. The van der Waals surface area contributed by atoms with Gasteiger partial charge in [0.15, 0.2) is 5.82 Å². The van der Waals surface area contributed by atoms with Crippen LogP contribution in [0.25, 0.3) is 11.4 Å². The van der Waals surface area contributed by atoms with Crippen LogP contribution in [0.4, 0.5) is 18.9 Å². The SMILES string of the molecule is Cc1ccc(-c2nnc(SC(C)C(=O)Nc3ccc(C(F)(F)F)cc3)n2N)cc1. The molecule has 1 aromatic heterocycles. The molecule has 2 aromatic carbocycles. The van der Waals surface area contributed by atoms with Crippen molar-refractivity contribution in [2.75, 3.05) is 11.2 Å². The van der Waals surface area contributed by atoms with Gasteiger partial charge in [-0.1, -0.05) is 41.6 Å². The van der Waals surface area contributed by atoms with Gasteiger partial charge < -0.3 is 11.2 Å². The van der Waals surface area contributed by atoms with Crippen molar-refractivity contribution in [2.45, 2.75) is 30.4 Å². The fraction of sp³-hybridized carbons (Fsp3) is 0.211. The summed E-state index contributed by atoms with van der Waals surface area (Å²) in [6.45, 7) is 3.61. The molecular formula is C19H18F3N5OS. The van der Waals surface area contributed by atoms with Crippen LogP contribution in [0.5, 0.6) is 0 Å². The highest BCUT2D eigenvalue weighted by Gasteiger charge is 2.30. The third kappa shape index (κ3) is 4.89. The number of amides is 1. The Morgan fingerprint density at radius 2 is 1.72 bits per heavy atom. The van der Waals surface area contributed by atoms with Crippen molar-refractivity contribution in [3.8, 4) is 11.4 Å². The summed E-state index contributed by atoms with van der Waals surface area (Å²) in [6.07, 6.45) is -4.42. The average molecular weight is 421 g/mol. The molecule has 1 atom stereocenters.